The Hall–Kier alpha value is -2.68. The maximum absolute atomic E-state index is 13.8. The second kappa shape index (κ2) is 4.90. The molecule has 0 saturated carbocycles. The van der Waals surface area contributed by atoms with Crippen LogP contribution in [0.15, 0.2) is 40.2 Å². The quantitative estimate of drug-likeness (QED) is 0.742. The Labute approximate surface area is 107 Å². The Balaban J connectivity index is 2.49. The van der Waals surface area contributed by atoms with Gasteiger partial charge in [0, 0.05) is 25.0 Å². The first kappa shape index (κ1) is 12.8. The van der Waals surface area contributed by atoms with Crippen molar-refractivity contribution in [3.8, 4) is 6.07 Å². The fourth-order valence-corrected chi connectivity index (χ4v) is 1.69. The number of hydrogen-bond acceptors (Lipinski definition) is 3. The molecule has 96 valence electrons. The summed E-state index contributed by atoms with van der Waals surface area (Å²) in [7, 11) is 1.46. The van der Waals surface area contributed by atoms with Crippen LogP contribution in [0, 0.1) is 17.1 Å². The number of aryl methyl sites for hydroxylation is 1. The van der Waals surface area contributed by atoms with Crippen LogP contribution in [0.25, 0.3) is 0 Å². The minimum Gasteiger partial charge on any atom is -0.312 e. The average Bonchev–Trinajstić information content (AvgIpc) is 2.41. The van der Waals surface area contributed by atoms with Crippen LogP contribution < -0.4 is 11.1 Å². The molecule has 2 rings (SSSR count). The Bertz CT molecular complexity index is 784. The molecule has 0 N–H and O–H groups in total. The number of rotatable bonds is 2. The van der Waals surface area contributed by atoms with Crippen LogP contribution in [0.5, 0.6) is 0 Å². The van der Waals surface area contributed by atoms with Crippen molar-refractivity contribution in [1.29, 1.82) is 5.26 Å². The number of nitriles is 1. The SMILES string of the molecule is Cn1ccn(Cc2cccc(C#N)c2F)c(=O)c1=O. The number of benzene rings is 1. The maximum atomic E-state index is 13.8. The van der Waals surface area contributed by atoms with Crippen molar-refractivity contribution < 1.29 is 4.39 Å². The molecule has 6 heteroatoms. The summed E-state index contributed by atoms with van der Waals surface area (Å²) < 4.78 is 16.1. The molecule has 0 saturated heterocycles. The van der Waals surface area contributed by atoms with E-state index in [1.807, 2.05) is 0 Å². The Kier molecular flexibility index (Phi) is 3.29. The van der Waals surface area contributed by atoms with Crippen LogP contribution in [0.1, 0.15) is 11.1 Å². The topological polar surface area (TPSA) is 67.8 Å². The third-order valence-electron chi connectivity index (χ3n) is 2.77. The highest BCUT2D eigenvalue weighted by molar-refractivity contribution is 5.35. The summed E-state index contributed by atoms with van der Waals surface area (Å²) in [4.78, 5) is 23.2. The normalized spacial score (nSPS) is 10.2. The lowest BCUT2D eigenvalue weighted by molar-refractivity contribution is 0.588. The summed E-state index contributed by atoms with van der Waals surface area (Å²) in [5, 5.41) is 8.73. The first-order valence-electron chi connectivity index (χ1n) is 5.48. The van der Waals surface area contributed by atoms with Gasteiger partial charge in [-0.2, -0.15) is 5.26 Å². The largest absolute Gasteiger partial charge is 0.316 e. The fourth-order valence-electron chi connectivity index (χ4n) is 1.69. The molecule has 0 fully saturated rings. The zero-order valence-corrected chi connectivity index (χ0v) is 10.1. The lowest BCUT2D eigenvalue weighted by atomic mass is 10.1. The molecule has 0 spiro atoms. The van der Waals surface area contributed by atoms with Gasteiger partial charge in [0.1, 0.15) is 11.9 Å². The molecule has 2 aromatic rings. The van der Waals surface area contributed by atoms with Gasteiger partial charge >= 0.3 is 11.1 Å². The smallest absolute Gasteiger partial charge is 0.312 e. The average molecular weight is 259 g/mol. The maximum Gasteiger partial charge on any atom is 0.316 e. The van der Waals surface area contributed by atoms with Gasteiger partial charge in [-0.1, -0.05) is 12.1 Å². The van der Waals surface area contributed by atoms with E-state index in [4.69, 9.17) is 5.26 Å². The zero-order chi connectivity index (χ0) is 14.0. The van der Waals surface area contributed by atoms with Crippen LogP contribution in [-0.4, -0.2) is 9.13 Å². The highest BCUT2D eigenvalue weighted by Crippen LogP contribution is 2.12. The van der Waals surface area contributed by atoms with Gasteiger partial charge in [-0.25, -0.2) is 4.39 Å². The third-order valence-corrected chi connectivity index (χ3v) is 2.77. The van der Waals surface area contributed by atoms with Crippen molar-refractivity contribution in [2.75, 3.05) is 0 Å². The van der Waals surface area contributed by atoms with Crippen LogP contribution in [0.3, 0.4) is 0 Å². The van der Waals surface area contributed by atoms with E-state index in [2.05, 4.69) is 0 Å². The van der Waals surface area contributed by atoms with Crippen LogP contribution in [-0.2, 0) is 13.6 Å². The molecular formula is C13H10FN3O2. The van der Waals surface area contributed by atoms with E-state index in [1.165, 1.54) is 37.6 Å². The molecule has 0 aliphatic carbocycles. The molecule has 19 heavy (non-hydrogen) atoms. The van der Waals surface area contributed by atoms with Crippen molar-refractivity contribution in [2.24, 2.45) is 7.05 Å². The van der Waals surface area contributed by atoms with Crippen molar-refractivity contribution in [2.45, 2.75) is 6.54 Å². The van der Waals surface area contributed by atoms with E-state index in [0.717, 1.165) is 9.13 Å². The summed E-state index contributed by atoms with van der Waals surface area (Å²) in [5.74, 6) is -0.669. The highest BCUT2D eigenvalue weighted by Gasteiger charge is 2.10. The summed E-state index contributed by atoms with van der Waals surface area (Å²) in [6, 6.07) is 6.08. The van der Waals surface area contributed by atoms with Gasteiger partial charge in [-0.15, -0.1) is 0 Å². The second-order valence-electron chi connectivity index (χ2n) is 4.04. The number of halogens is 1. The van der Waals surface area contributed by atoms with Crippen LogP contribution in [0.2, 0.25) is 0 Å². The zero-order valence-electron chi connectivity index (χ0n) is 10.1. The number of nitrogens with zero attached hydrogens (tertiary/aromatic N) is 3. The molecule has 0 amide bonds. The van der Waals surface area contributed by atoms with E-state index in [0.29, 0.717) is 0 Å². The standard InChI is InChI=1S/C13H10FN3O2/c1-16-5-6-17(13(19)12(16)18)8-10-4-2-3-9(7-15)11(10)14/h2-6H,8H2,1H3. The molecule has 0 atom stereocenters. The second-order valence-corrected chi connectivity index (χ2v) is 4.04. The van der Waals surface area contributed by atoms with Crippen molar-refractivity contribution >= 4 is 0 Å². The number of aromatic nitrogens is 2. The monoisotopic (exact) mass is 259 g/mol. The lowest BCUT2D eigenvalue weighted by Gasteiger charge is -2.07. The fraction of sp³-hybridized carbons (Fsp3) is 0.154. The van der Waals surface area contributed by atoms with Crippen LogP contribution >= 0.6 is 0 Å². The molecule has 5 nitrogen and oxygen atoms in total. The summed E-state index contributed by atoms with van der Waals surface area (Å²) in [5.41, 5.74) is -1.31. The summed E-state index contributed by atoms with van der Waals surface area (Å²) in [6.45, 7) is -0.0870. The van der Waals surface area contributed by atoms with Gasteiger partial charge in [0.25, 0.3) is 0 Å². The molecule has 0 bridgehead atoms. The van der Waals surface area contributed by atoms with E-state index < -0.39 is 16.9 Å². The summed E-state index contributed by atoms with van der Waals surface area (Å²) >= 11 is 0. The molecule has 1 aromatic carbocycles. The molecule has 1 heterocycles. The van der Waals surface area contributed by atoms with Gasteiger partial charge in [0.15, 0.2) is 0 Å². The van der Waals surface area contributed by atoms with Crippen molar-refractivity contribution in [3.63, 3.8) is 0 Å². The van der Waals surface area contributed by atoms with Gasteiger partial charge in [0.05, 0.1) is 12.1 Å². The van der Waals surface area contributed by atoms with E-state index in [9.17, 15) is 14.0 Å². The van der Waals surface area contributed by atoms with Gasteiger partial charge in [0.2, 0.25) is 0 Å². The molecule has 0 aliphatic rings. The highest BCUT2D eigenvalue weighted by atomic mass is 19.1. The summed E-state index contributed by atoms with van der Waals surface area (Å²) in [6.07, 6.45) is 2.83. The first-order chi connectivity index (χ1) is 9.04. The van der Waals surface area contributed by atoms with Crippen LogP contribution in [0.4, 0.5) is 4.39 Å². The van der Waals surface area contributed by atoms with Gasteiger partial charge in [-0.3, -0.25) is 9.59 Å². The minimum atomic E-state index is -0.730. The first-order valence-corrected chi connectivity index (χ1v) is 5.48. The van der Waals surface area contributed by atoms with E-state index in [-0.39, 0.29) is 17.7 Å². The Morgan fingerprint density at radius 2 is 2.00 bits per heavy atom. The number of hydrogen-bond donors (Lipinski definition) is 0. The van der Waals surface area contributed by atoms with Gasteiger partial charge < -0.3 is 9.13 Å². The molecule has 1 aromatic heterocycles. The Morgan fingerprint density at radius 1 is 1.26 bits per heavy atom. The molecule has 0 unspecified atom stereocenters. The van der Waals surface area contributed by atoms with E-state index >= 15 is 0 Å². The molecular weight excluding hydrogens is 249 g/mol. The van der Waals surface area contributed by atoms with Gasteiger partial charge in [-0.05, 0) is 6.07 Å². The predicted molar refractivity (Wildman–Crippen MR) is 66.2 cm³/mol. The predicted octanol–water partition coefficient (Wildman–Crippen LogP) is 0.606. The third kappa shape index (κ3) is 2.31. The lowest BCUT2D eigenvalue weighted by Crippen LogP contribution is -2.39. The van der Waals surface area contributed by atoms with Crippen molar-refractivity contribution in [1.82, 2.24) is 9.13 Å². The van der Waals surface area contributed by atoms with E-state index in [1.54, 1.807) is 6.07 Å². The molecule has 0 radical (unpaired) electrons. The Morgan fingerprint density at radius 3 is 2.68 bits per heavy atom. The van der Waals surface area contributed by atoms with Crippen molar-refractivity contribution in [3.05, 3.63) is 68.2 Å². The molecule has 0 aliphatic heterocycles. The minimum absolute atomic E-state index is 0.0870.